The van der Waals surface area contributed by atoms with E-state index in [0.717, 1.165) is 17.3 Å². The van der Waals surface area contributed by atoms with Crippen LogP contribution >= 0.6 is 23.4 Å². The van der Waals surface area contributed by atoms with Gasteiger partial charge in [0.2, 0.25) is 11.1 Å². The van der Waals surface area contributed by atoms with Crippen LogP contribution in [0.4, 0.5) is 0 Å². The first-order chi connectivity index (χ1) is 8.99. The first-order valence-electron chi connectivity index (χ1n) is 5.41. The van der Waals surface area contributed by atoms with E-state index in [1.165, 1.54) is 4.68 Å². The van der Waals surface area contributed by atoms with Crippen LogP contribution in [-0.4, -0.2) is 26.0 Å². The van der Waals surface area contributed by atoms with Crippen molar-refractivity contribution in [1.82, 2.24) is 14.9 Å². The Labute approximate surface area is 119 Å². The van der Waals surface area contributed by atoms with Gasteiger partial charge in [-0.25, -0.2) is 4.68 Å². The van der Waals surface area contributed by atoms with Gasteiger partial charge in [0.1, 0.15) is 0 Å². The molecule has 0 bridgehead atoms. The van der Waals surface area contributed by atoms with E-state index in [2.05, 4.69) is 10.2 Å². The van der Waals surface area contributed by atoms with Crippen LogP contribution in [0.2, 0.25) is 5.02 Å². The molecule has 2 aromatic rings. The summed E-state index contributed by atoms with van der Waals surface area (Å²) in [4.78, 5) is 11.0. The molecule has 8 heteroatoms. The molecule has 1 heterocycles. The van der Waals surface area contributed by atoms with Gasteiger partial charge in [-0.2, -0.15) is 0 Å². The molecule has 1 aromatic heterocycles. The van der Waals surface area contributed by atoms with E-state index < -0.39 is 11.2 Å². The molecule has 0 radical (unpaired) electrons. The number of rotatable bonds is 4. The SMILES string of the molecule is C[C@H](Sc1nnc(-c2ccc(Cl)cc2)n1N)C(N)=O. The zero-order valence-electron chi connectivity index (χ0n) is 10.1. The Morgan fingerprint density at radius 1 is 1.37 bits per heavy atom. The third-order valence-electron chi connectivity index (χ3n) is 2.45. The van der Waals surface area contributed by atoms with Crippen LogP contribution in [0.1, 0.15) is 6.92 Å². The number of amides is 1. The molecule has 1 atom stereocenters. The summed E-state index contributed by atoms with van der Waals surface area (Å²) in [7, 11) is 0. The van der Waals surface area contributed by atoms with E-state index in [4.69, 9.17) is 23.2 Å². The number of nitrogens with two attached hydrogens (primary N) is 2. The van der Waals surface area contributed by atoms with E-state index >= 15 is 0 Å². The quantitative estimate of drug-likeness (QED) is 0.654. The van der Waals surface area contributed by atoms with Gasteiger partial charge in [0.25, 0.3) is 0 Å². The summed E-state index contributed by atoms with van der Waals surface area (Å²) in [5.41, 5.74) is 5.99. The van der Waals surface area contributed by atoms with Crippen molar-refractivity contribution in [2.45, 2.75) is 17.3 Å². The monoisotopic (exact) mass is 297 g/mol. The lowest BCUT2D eigenvalue weighted by molar-refractivity contribution is -0.117. The lowest BCUT2D eigenvalue weighted by Gasteiger charge is -2.06. The molecule has 0 saturated heterocycles. The number of carbonyl (C=O) groups is 1. The van der Waals surface area contributed by atoms with Gasteiger partial charge >= 0.3 is 0 Å². The van der Waals surface area contributed by atoms with Gasteiger partial charge in [0.05, 0.1) is 5.25 Å². The maximum atomic E-state index is 11.0. The molecule has 0 aliphatic heterocycles. The Kier molecular flexibility index (Phi) is 3.96. The van der Waals surface area contributed by atoms with Crippen molar-refractivity contribution in [1.29, 1.82) is 0 Å². The van der Waals surface area contributed by atoms with Crippen molar-refractivity contribution in [2.24, 2.45) is 5.73 Å². The predicted molar refractivity (Wildman–Crippen MR) is 75.1 cm³/mol. The maximum absolute atomic E-state index is 11.0. The minimum Gasteiger partial charge on any atom is -0.369 e. The number of aromatic nitrogens is 3. The highest BCUT2D eigenvalue weighted by molar-refractivity contribution is 8.00. The third-order valence-corrected chi connectivity index (χ3v) is 3.78. The van der Waals surface area contributed by atoms with Gasteiger partial charge < -0.3 is 11.6 Å². The highest BCUT2D eigenvalue weighted by Crippen LogP contribution is 2.25. The molecule has 0 fully saturated rings. The standard InChI is InChI=1S/C11H12ClN5OS/c1-6(9(13)18)19-11-16-15-10(17(11)14)7-2-4-8(12)5-3-7/h2-6H,14H2,1H3,(H2,13,18)/t6-/m0/s1. The molecular formula is C11H12ClN5OS. The van der Waals surface area contributed by atoms with Crippen LogP contribution in [0.3, 0.4) is 0 Å². The normalized spacial score (nSPS) is 12.3. The van der Waals surface area contributed by atoms with Crippen molar-refractivity contribution in [3.63, 3.8) is 0 Å². The molecule has 4 N–H and O–H groups in total. The van der Waals surface area contributed by atoms with E-state index in [1.54, 1.807) is 31.2 Å². The predicted octanol–water partition coefficient (Wildman–Crippen LogP) is 1.28. The second kappa shape index (κ2) is 5.50. The molecular weight excluding hydrogens is 286 g/mol. The van der Waals surface area contributed by atoms with Crippen molar-refractivity contribution >= 4 is 29.3 Å². The Balaban J connectivity index is 2.27. The third kappa shape index (κ3) is 2.99. The van der Waals surface area contributed by atoms with Gasteiger partial charge in [-0.3, -0.25) is 4.79 Å². The highest BCUT2D eigenvalue weighted by atomic mass is 35.5. The molecule has 0 unspecified atom stereocenters. The van der Waals surface area contributed by atoms with Crippen molar-refractivity contribution in [2.75, 3.05) is 5.84 Å². The topological polar surface area (TPSA) is 99.8 Å². The zero-order chi connectivity index (χ0) is 14.0. The smallest absolute Gasteiger partial charge is 0.230 e. The number of nitrogens with zero attached hydrogens (tertiary/aromatic N) is 3. The molecule has 2 rings (SSSR count). The second-order valence-corrected chi connectivity index (χ2v) is 5.59. The number of carbonyl (C=O) groups excluding carboxylic acids is 1. The van der Waals surface area contributed by atoms with E-state index in [1.807, 2.05) is 0 Å². The van der Waals surface area contributed by atoms with Gasteiger partial charge in [0.15, 0.2) is 5.82 Å². The van der Waals surface area contributed by atoms with E-state index in [9.17, 15) is 4.79 Å². The first kappa shape index (κ1) is 13.7. The average Bonchev–Trinajstić information content (AvgIpc) is 2.72. The van der Waals surface area contributed by atoms with E-state index in [0.29, 0.717) is 16.0 Å². The summed E-state index contributed by atoms with van der Waals surface area (Å²) in [5, 5.41) is 8.58. The van der Waals surface area contributed by atoms with Crippen LogP contribution in [0.15, 0.2) is 29.4 Å². The number of primary amides is 1. The van der Waals surface area contributed by atoms with Crippen LogP contribution in [0.5, 0.6) is 0 Å². The number of halogens is 1. The number of benzene rings is 1. The summed E-state index contributed by atoms with van der Waals surface area (Å²) in [5.74, 6) is 5.97. The number of hydrogen-bond acceptors (Lipinski definition) is 5. The molecule has 6 nitrogen and oxygen atoms in total. The number of nitrogen functional groups attached to an aromatic ring is 1. The summed E-state index contributed by atoms with van der Waals surface area (Å²) >= 11 is 6.98. The minimum absolute atomic E-state index is 0.426. The molecule has 0 aliphatic rings. The van der Waals surface area contributed by atoms with Crippen molar-refractivity contribution in [3.05, 3.63) is 29.3 Å². The van der Waals surface area contributed by atoms with Gasteiger partial charge in [-0.1, -0.05) is 23.4 Å². The largest absolute Gasteiger partial charge is 0.369 e. The fraction of sp³-hybridized carbons (Fsp3) is 0.182. The fourth-order valence-corrected chi connectivity index (χ4v) is 2.22. The maximum Gasteiger partial charge on any atom is 0.230 e. The number of hydrogen-bond donors (Lipinski definition) is 2. The van der Waals surface area contributed by atoms with Gasteiger partial charge in [-0.05, 0) is 31.2 Å². The molecule has 1 amide bonds. The summed E-state index contributed by atoms with van der Waals surface area (Å²) in [6, 6.07) is 7.07. The molecule has 19 heavy (non-hydrogen) atoms. The van der Waals surface area contributed by atoms with Gasteiger partial charge in [0, 0.05) is 10.6 Å². The van der Waals surface area contributed by atoms with Crippen LogP contribution in [0, 0.1) is 0 Å². The zero-order valence-corrected chi connectivity index (χ0v) is 11.6. The first-order valence-corrected chi connectivity index (χ1v) is 6.67. The Bertz CT molecular complexity index is 598. The molecule has 0 spiro atoms. The molecule has 0 aliphatic carbocycles. The van der Waals surface area contributed by atoms with Gasteiger partial charge in [-0.15, -0.1) is 10.2 Å². The summed E-state index contributed by atoms with van der Waals surface area (Å²) in [6.07, 6.45) is 0. The average molecular weight is 298 g/mol. The van der Waals surface area contributed by atoms with Crippen LogP contribution in [-0.2, 0) is 4.79 Å². The highest BCUT2D eigenvalue weighted by Gasteiger charge is 2.17. The number of thioether (sulfide) groups is 1. The van der Waals surface area contributed by atoms with E-state index in [-0.39, 0.29) is 0 Å². The molecule has 1 aromatic carbocycles. The van der Waals surface area contributed by atoms with Crippen LogP contribution in [0.25, 0.3) is 11.4 Å². The lowest BCUT2D eigenvalue weighted by atomic mass is 10.2. The van der Waals surface area contributed by atoms with Crippen molar-refractivity contribution in [3.8, 4) is 11.4 Å². The molecule has 100 valence electrons. The molecule has 0 saturated carbocycles. The second-order valence-electron chi connectivity index (χ2n) is 3.85. The fourth-order valence-electron chi connectivity index (χ4n) is 1.37. The Morgan fingerprint density at radius 3 is 2.58 bits per heavy atom. The Hall–Kier alpha value is -1.73. The summed E-state index contributed by atoms with van der Waals surface area (Å²) < 4.78 is 1.33. The van der Waals surface area contributed by atoms with Crippen molar-refractivity contribution < 1.29 is 4.79 Å². The minimum atomic E-state index is -0.430. The lowest BCUT2D eigenvalue weighted by Crippen LogP contribution is -2.23. The Morgan fingerprint density at radius 2 is 2.00 bits per heavy atom. The van der Waals surface area contributed by atoms with Crippen LogP contribution < -0.4 is 11.6 Å². The summed E-state index contributed by atoms with van der Waals surface area (Å²) in [6.45, 7) is 1.68.